The molecule has 118 valence electrons. The molecule has 0 bridgehead atoms. The Morgan fingerprint density at radius 3 is 2.36 bits per heavy atom. The molecule has 1 aliphatic heterocycles. The Labute approximate surface area is 132 Å². The molecule has 1 saturated carbocycles. The Kier molecular flexibility index (Phi) is 4.46. The van der Waals surface area contributed by atoms with Gasteiger partial charge >= 0.3 is 6.09 Å². The van der Waals surface area contributed by atoms with Crippen LogP contribution in [0.25, 0.3) is 0 Å². The first kappa shape index (κ1) is 15.1. The van der Waals surface area contributed by atoms with Gasteiger partial charge in [-0.25, -0.2) is 4.79 Å². The molecule has 1 aromatic rings. The predicted molar refractivity (Wildman–Crippen MR) is 88.9 cm³/mol. The van der Waals surface area contributed by atoms with Crippen LogP contribution < -0.4 is 4.90 Å². The van der Waals surface area contributed by atoms with E-state index in [2.05, 4.69) is 17.1 Å². The van der Waals surface area contributed by atoms with Crippen molar-refractivity contribution in [3.63, 3.8) is 0 Å². The number of amides is 1. The highest BCUT2D eigenvalue weighted by Gasteiger charge is 2.33. The van der Waals surface area contributed by atoms with E-state index in [9.17, 15) is 4.79 Å². The van der Waals surface area contributed by atoms with E-state index in [1.807, 2.05) is 25.3 Å². The van der Waals surface area contributed by atoms with E-state index in [1.165, 1.54) is 44.8 Å². The molecule has 1 fully saturated rings. The summed E-state index contributed by atoms with van der Waals surface area (Å²) in [4.78, 5) is 18.0. The highest BCUT2D eigenvalue weighted by molar-refractivity contribution is 5.95. The van der Waals surface area contributed by atoms with Crippen LogP contribution in [0.4, 0.5) is 10.5 Å². The largest absolute Gasteiger partial charge is 0.452 e. The Hall–Kier alpha value is -1.84. The molecule has 4 heteroatoms. The van der Waals surface area contributed by atoms with Crippen LogP contribution in [0.2, 0.25) is 0 Å². The van der Waals surface area contributed by atoms with Gasteiger partial charge in [-0.15, -0.1) is 0 Å². The maximum atomic E-state index is 12.1. The third-order valence-electron chi connectivity index (χ3n) is 4.89. The maximum absolute atomic E-state index is 12.1. The summed E-state index contributed by atoms with van der Waals surface area (Å²) >= 11 is 0. The summed E-state index contributed by atoms with van der Waals surface area (Å²) < 4.78 is 4.94. The molecule has 1 aliphatic carbocycles. The molecule has 0 aromatic heterocycles. The van der Waals surface area contributed by atoms with Gasteiger partial charge in [0.05, 0.1) is 19.2 Å². The molecule has 1 amide bonds. The fourth-order valence-electron chi connectivity index (χ4n) is 3.46. The summed E-state index contributed by atoms with van der Waals surface area (Å²) in [6.45, 7) is 2.01. The summed E-state index contributed by atoms with van der Waals surface area (Å²) in [6.07, 6.45) is 8.08. The van der Waals surface area contributed by atoms with Gasteiger partial charge in [-0.2, -0.15) is 0 Å². The average Bonchev–Trinajstić information content (AvgIpc) is 2.58. The van der Waals surface area contributed by atoms with Crippen molar-refractivity contribution in [2.24, 2.45) is 4.99 Å². The Bertz CT molecular complexity index is 547. The minimum absolute atomic E-state index is 0.00650. The van der Waals surface area contributed by atoms with Crippen molar-refractivity contribution in [3.8, 4) is 0 Å². The monoisotopic (exact) mass is 300 g/mol. The maximum Gasteiger partial charge on any atom is 0.414 e. The van der Waals surface area contributed by atoms with E-state index in [0.29, 0.717) is 5.92 Å². The molecule has 0 spiro atoms. The number of aliphatic imine (C=N–C) groups is 1. The van der Waals surface area contributed by atoms with Crippen molar-refractivity contribution >= 4 is 18.0 Å². The van der Waals surface area contributed by atoms with Gasteiger partial charge in [0.2, 0.25) is 0 Å². The number of anilines is 1. The Balaban J connectivity index is 1.79. The Morgan fingerprint density at radius 2 is 1.86 bits per heavy atom. The fraction of sp³-hybridized carbons (Fsp3) is 0.556. The molecule has 1 aromatic carbocycles. The van der Waals surface area contributed by atoms with Crippen LogP contribution in [0.15, 0.2) is 29.3 Å². The van der Waals surface area contributed by atoms with Crippen LogP contribution in [0.1, 0.15) is 50.5 Å². The molecular weight excluding hydrogens is 276 g/mol. The van der Waals surface area contributed by atoms with Crippen LogP contribution in [0, 0.1) is 0 Å². The van der Waals surface area contributed by atoms with E-state index in [1.54, 1.807) is 4.90 Å². The molecule has 0 N–H and O–H groups in total. The summed E-state index contributed by atoms with van der Waals surface area (Å²) in [5, 5.41) is 0. The van der Waals surface area contributed by atoms with Crippen LogP contribution in [0.3, 0.4) is 0 Å². The van der Waals surface area contributed by atoms with E-state index < -0.39 is 0 Å². The van der Waals surface area contributed by atoms with Gasteiger partial charge in [-0.1, -0.05) is 31.4 Å². The number of benzene rings is 1. The van der Waals surface area contributed by atoms with Crippen molar-refractivity contribution in [3.05, 3.63) is 29.8 Å². The van der Waals surface area contributed by atoms with Crippen LogP contribution in [-0.4, -0.2) is 31.5 Å². The molecule has 0 radical (unpaired) electrons. The lowest BCUT2D eigenvalue weighted by molar-refractivity contribution is 0.176. The highest BCUT2D eigenvalue weighted by Crippen LogP contribution is 2.34. The molecule has 1 heterocycles. The van der Waals surface area contributed by atoms with E-state index in [4.69, 9.17) is 4.74 Å². The zero-order valence-electron chi connectivity index (χ0n) is 13.4. The van der Waals surface area contributed by atoms with Gasteiger partial charge in [0, 0.05) is 11.9 Å². The minimum atomic E-state index is -0.326. The first-order valence-electron chi connectivity index (χ1n) is 8.21. The SMILES string of the molecule is COC(=O)N(c1ccc(C2CCCCC2)cc1)[C@@H]1C=N[C@H]1C. The van der Waals surface area contributed by atoms with Gasteiger partial charge in [0.25, 0.3) is 0 Å². The van der Waals surface area contributed by atoms with Crippen molar-refractivity contribution in [2.45, 2.75) is 57.0 Å². The van der Waals surface area contributed by atoms with Gasteiger partial charge in [-0.05, 0) is 43.4 Å². The summed E-state index contributed by atoms with van der Waals surface area (Å²) in [6, 6.07) is 8.54. The van der Waals surface area contributed by atoms with Crippen LogP contribution >= 0.6 is 0 Å². The third-order valence-corrected chi connectivity index (χ3v) is 4.89. The van der Waals surface area contributed by atoms with Gasteiger partial charge < -0.3 is 4.74 Å². The number of carbonyl (C=O) groups excluding carboxylic acids is 1. The molecule has 2 aliphatic rings. The number of ether oxygens (including phenoxy) is 1. The number of nitrogens with zero attached hydrogens (tertiary/aromatic N) is 2. The number of hydrogen-bond donors (Lipinski definition) is 0. The summed E-state index contributed by atoms with van der Waals surface area (Å²) in [5.41, 5.74) is 2.28. The number of methoxy groups -OCH3 is 1. The lowest BCUT2D eigenvalue weighted by Gasteiger charge is -2.35. The van der Waals surface area contributed by atoms with Crippen molar-refractivity contribution in [1.29, 1.82) is 0 Å². The van der Waals surface area contributed by atoms with Crippen molar-refractivity contribution in [2.75, 3.05) is 12.0 Å². The normalized spacial score (nSPS) is 24.6. The zero-order chi connectivity index (χ0) is 15.5. The molecule has 2 atom stereocenters. The lowest BCUT2D eigenvalue weighted by atomic mass is 9.84. The summed E-state index contributed by atoms with van der Waals surface area (Å²) in [7, 11) is 1.42. The van der Waals surface area contributed by atoms with Gasteiger partial charge in [0.15, 0.2) is 0 Å². The second-order valence-corrected chi connectivity index (χ2v) is 6.30. The van der Waals surface area contributed by atoms with Crippen LogP contribution in [-0.2, 0) is 4.74 Å². The number of hydrogen-bond acceptors (Lipinski definition) is 3. The smallest absolute Gasteiger partial charge is 0.414 e. The molecular formula is C18H24N2O2. The quantitative estimate of drug-likeness (QED) is 0.841. The number of carbonyl (C=O) groups is 1. The van der Waals surface area contributed by atoms with Gasteiger partial charge in [0.1, 0.15) is 0 Å². The molecule has 3 rings (SSSR count). The molecule has 22 heavy (non-hydrogen) atoms. The molecule has 0 unspecified atom stereocenters. The predicted octanol–water partition coefficient (Wildman–Crippen LogP) is 4.15. The second kappa shape index (κ2) is 6.51. The molecule has 0 saturated heterocycles. The zero-order valence-corrected chi connectivity index (χ0v) is 13.4. The first-order valence-corrected chi connectivity index (χ1v) is 8.21. The lowest BCUT2D eigenvalue weighted by Crippen LogP contribution is -2.51. The minimum Gasteiger partial charge on any atom is -0.452 e. The third kappa shape index (κ3) is 2.87. The fourth-order valence-corrected chi connectivity index (χ4v) is 3.46. The van der Waals surface area contributed by atoms with E-state index in [-0.39, 0.29) is 18.2 Å². The van der Waals surface area contributed by atoms with E-state index >= 15 is 0 Å². The highest BCUT2D eigenvalue weighted by atomic mass is 16.5. The van der Waals surface area contributed by atoms with Gasteiger partial charge in [-0.3, -0.25) is 9.89 Å². The average molecular weight is 300 g/mol. The van der Waals surface area contributed by atoms with Crippen molar-refractivity contribution < 1.29 is 9.53 Å². The summed E-state index contributed by atoms with van der Waals surface area (Å²) in [5.74, 6) is 0.679. The molecule has 4 nitrogen and oxygen atoms in total. The Morgan fingerprint density at radius 1 is 1.18 bits per heavy atom. The van der Waals surface area contributed by atoms with Crippen molar-refractivity contribution in [1.82, 2.24) is 0 Å². The standard InChI is InChI=1S/C18H24N2O2/c1-13-17(12-19-13)20(18(21)22-2)16-10-8-15(9-11-16)14-6-4-3-5-7-14/h8-14,17H,3-7H2,1-2H3/t13-,17+/m0/s1. The van der Waals surface area contributed by atoms with E-state index in [0.717, 1.165) is 5.69 Å². The topological polar surface area (TPSA) is 41.9 Å². The van der Waals surface area contributed by atoms with Crippen LogP contribution in [0.5, 0.6) is 0 Å². The second-order valence-electron chi connectivity index (χ2n) is 6.30. The first-order chi connectivity index (χ1) is 10.7. The number of rotatable bonds is 3.